The largest absolute Gasteiger partial charge is 0.250 e. The zero-order valence-corrected chi connectivity index (χ0v) is 12.8. The first-order chi connectivity index (χ1) is 9.06. The molecule has 0 radical (unpaired) electrons. The van der Waals surface area contributed by atoms with Gasteiger partial charge in [-0.1, -0.05) is 38.1 Å². The summed E-state index contributed by atoms with van der Waals surface area (Å²) in [6.45, 7) is 5.21. The molecular weight excluding hydrogens is 254 g/mol. The molecule has 1 N–H and O–H groups in total. The van der Waals surface area contributed by atoms with Gasteiger partial charge < -0.3 is 0 Å². The van der Waals surface area contributed by atoms with Crippen molar-refractivity contribution in [1.82, 2.24) is 15.4 Å². The van der Waals surface area contributed by atoms with Crippen molar-refractivity contribution in [3.05, 3.63) is 41.0 Å². The van der Waals surface area contributed by atoms with E-state index >= 15 is 0 Å². The van der Waals surface area contributed by atoms with E-state index < -0.39 is 0 Å². The Kier molecular flexibility index (Phi) is 4.69. The van der Waals surface area contributed by atoms with Gasteiger partial charge in [-0.2, -0.15) is 0 Å². The van der Waals surface area contributed by atoms with Crippen LogP contribution in [0.15, 0.2) is 30.5 Å². The van der Waals surface area contributed by atoms with Crippen LogP contribution in [0.1, 0.15) is 30.3 Å². The molecular formula is C15H21N3S. The molecule has 0 bridgehead atoms. The average molecular weight is 275 g/mol. The van der Waals surface area contributed by atoms with Crippen LogP contribution >= 0.6 is 11.3 Å². The number of rotatable bonds is 5. The first kappa shape index (κ1) is 14.2. The molecule has 2 rings (SSSR count). The molecule has 0 aliphatic carbocycles. The van der Waals surface area contributed by atoms with Gasteiger partial charge >= 0.3 is 0 Å². The lowest BCUT2D eigenvalue weighted by Gasteiger charge is -2.09. The Morgan fingerprint density at radius 2 is 1.89 bits per heavy atom. The predicted molar refractivity (Wildman–Crippen MR) is 82.2 cm³/mol. The van der Waals surface area contributed by atoms with Crippen molar-refractivity contribution in [3.8, 4) is 10.4 Å². The van der Waals surface area contributed by atoms with Gasteiger partial charge in [-0.05, 0) is 17.0 Å². The number of nitrogens with zero attached hydrogens (tertiary/aromatic N) is 2. The second-order valence-electron chi connectivity index (χ2n) is 5.12. The van der Waals surface area contributed by atoms with Gasteiger partial charge in [0.25, 0.3) is 0 Å². The highest BCUT2D eigenvalue weighted by Crippen LogP contribution is 2.27. The summed E-state index contributed by atoms with van der Waals surface area (Å²) in [5.74, 6) is 0.579. The molecule has 0 aliphatic rings. The molecule has 0 atom stereocenters. The Morgan fingerprint density at radius 3 is 2.47 bits per heavy atom. The third-order valence-corrected chi connectivity index (χ3v) is 4.01. The van der Waals surface area contributed by atoms with Gasteiger partial charge in [0.15, 0.2) is 0 Å². The van der Waals surface area contributed by atoms with Gasteiger partial charge in [0, 0.05) is 20.3 Å². The Labute approximate surface area is 119 Å². The molecule has 102 valence electrons. The van der Waals surface area contributed by atoms with Gasteiger partial charge in [0.2, 0.25) is 0 Å². The van der Waals surface area contributed by atoms with Crippen molar-refractivity contribution in [2.75, 3.05) is 14.1 Å². The first-order valence-corrected chi connectivity index (χ1v) is 7.34. The van der Waals surface area contributed by atoms with Gasteiger partial charge in [0.05, 0.1) is 11.4 Å². The Bertz CT molecular complexity index is 514. The number of nitrogens with one attached hydrogen (secondary N) is 1. The van der Waals surface area contributed by atoms with Gasteiger partial charge in [-0.3, -0.25) is 5.01 Å². The SMILES string of the molecule is CC(C)c1ccc(-c2cnc(CNN(C)C)s2)cc1. The van der Waals surface area contributed by atoms with Crippen LogP contribution in [0.5, 0.6) is 0 Å². The lowest BCUT2D eigenvalue weighted by atomic mass is 10.0. The molecule has 1 heterocycles. The zero-order valence-electron chi connectivity index (χ0n) is 12.0. The predicted octanol–water partition coefficient (Wildman–Crippen LogP) is 3.50. The molecule has 0 amide bonds. The normalized spacial score (nSPS) is 11.5. The van der Waals surface area contributed by atoms with Crippen molar-refractivity contribution >= 4 is 11.3 Å². The van der Waals surface area contributed by atoms with Crippen molar-refractivity contribution < 1.29 is 0 Å². The Hall–Kier alpha value is -1.23. The van der Waals surface area contributed by atoms with Crippen LogP contribution in [0, 0.1) is 0 Å². The maximum atomic E-state index is 4.45. The van der Waals surface area contributed by atoms with E-state index in [0.717, 1.165) is 11.6 Å². The van der Waals surface area contributed by atoms with Crippen LogP contribution in [0.3, 0.4) is 0 Å². The molecule has 1 aromatic carbocycles. The van der Waals surface area contributed by atoms with Gasteiger partial charge in [-0.15, -0.1) is 11.3 Å². The van der Waals surface area contributed by atoms with Crippen molar-refractivity contribution in [3.63, 3.8) is 0 Å². The summed E-state index contributed by atoms with van der Waals surface area (Å²) in [5, 5.41) is 3.05. The Balaban J connectivity index is 2.09. The van der Waals surface area contributed by atoms with Crippen molar-refractivity contribution in [2.24, 2.45) is 0 Å². The highest BCUT2D eigenvalue weighted by Gasteiger charge is 2.05. The van der Waals surface area contributed by atoms with E-state index in [1.54, 1.807) is 11.3 Å². The number of benzene rings is 1. The van der Waals surface area contributed by atoms with Crippen LogP contribution in [0.4, 0.5) is 0 Å². The number of hydrogen-bond donors (Lipinski definition) is 1. The van der Waals surface area contributed by atoms with Crippen molar-refractivity contribution in [1.29, 1.82) is 0 Å². The molecule has 0 aliphatic heterocycles. The highest BCUT2D eigenvalue weighted by atomic mass is 32.1. The number of hydrazine groups is 1. The third kappa shape index (κ3) is 3.86. The van der Waals surface area contributed by atoms with Crippen molar-refractivity contribution in [2.45, 2.75) is 26.3 Å². The lowest BCUT2D eigenvalue weighted by molar-refractivity contribution is 0.286. The van der Waals surface area contributed by atoms with E-state index in [2.05, 4.69) is 48.5 Å². The maximum absolute atomic E-state index is 4.45. The molecule has 0 saturated heterocycles. The van der Waals surface area contributed by atoms with E-state index in [1.165, 1.54) is 16.0 Å². The minimum Gasteiger partial charge on any atom is -0.250 e. The second kappa shape index (κ2) is 6.28. The average Bonchev–Trinajstić information content (AvgIpc) is 2.85. The molecule has 0 spiro atoms. The van der Waals surface area contributed by atoms with Crippen LogP contribution in [0.2, 0.25) is 0 Å². The Morgan fingerprint density at radius 1 is 1.21 bits per heavy atom. The van der Waals surface area contributed by atoms with E-state index in [-0.39, 0.29) is 0 Å². The van der Waals surface area contributed by atoms with E-state index in [0.29, 0.717) is 5.92 Å². The summed E-state index contributed by atoms with van der Waals surface area (Å²) < 4.78 is 0. The van der Waals surface area contributed by atoms with Crippen LogP contribution in [-0.4, -0.2) is 24.1 Å². The molecule has 3 nitrogen and oxygen atoms in total. The second-order valence-corrected chi connectivity index (χ2v) is 6.24. The minimum atomic E-state index is 0.579. The maximum Gasteiger partial charge on any atom is 0.108 e. The highest BCUT2D eigenvalue weighted by molar-refractivity contribution is 7.15. The van der Waals surface area contributed by atoms with Crippen LogP contribution in [0.25, 0.3) is 10.4 Å². The molecule has 0 unspecified atom stereocenters. The molecule has 0 fully saturated rings. The van der Waals surface area contributed by atoms with Gasteiger partial charge in [0.1, 0.15) is 5.01 Å². The van der Waals surface area contributed by atoms with E-state index in [4.69, 9.17) is 0 Å². The quantitative estimate of drug-likeness (QED) is 0.847. The summed E-state index contributed by atoms with van der Waals surface area (Å²) in [5.41, 5.74) is 5.86. The van der Waals surface area contributed by atoms with E-state index in [1.807, 2.05) is 25.3 Å². The summed E-state index contributed by atoms with van der Waals surface area (Å²) in [6, 6.07) is 8.78. The third-order valence-electron chi connectivity index (χ3n) is 2.96. The van der Waals surface area contributed by atoms with Crippen LogP contribution < -0.4 is 5.43 Å². The summed E-state index contributed by atoms with van der Waals surface area (Å²) in [6.07, 6.45) is 1.96. The summed E-state index contributed by atoms with van der Waals surface area (Å²) >= 11 is 1.74. The first-order valence-electron chi connectivity index (χ1n) is 6.52. The molecule has 1 aromatic heterocycles. The fraction of sp³-hybridized carbons (Fsp3) is 0.400. The number of thiazole rings is 1. The standard InChI is InChI=1S/C15H21N3S/c1-11(2)12-5-7-13(8-6-12)14-9-16-15(19-14)10-17-18(3)4/h5-9,11,17H,10H2,1-4H3. The van der Waals surface area contributed by atoms with E-state index in [9.17, 15) is 0 Å². The number of aromatic nitrogens is 1. The fourth-order valence-corrected chi connectivity index (χ4v) is 2.64. The molecule has 19 heavy (non-hydrogen) atoms. The minimum absolute atomic E-state index is 0.579. The molecule has 4 heteroatoms. The van der Waals surface area contributed by atoms with Crippen LogP contribution in [-0.2, 0) is 6.54 Å². The lowest BCUT2D eigenvalue weighted by Crippen LogP contribution is -2.29. The summed E-state index contributed by atoms with van der Waals surface area (Å²) in [7, 11) is 3.97. The molecule has 2 aromatic rings. The van der Waals surface area contributed by atoms with Gasteiger partial charge in [-0.25, -0.2) is 10.4 Å². The topological polar surface area (TPSA) is 28.2 Å². The smallest absolute Gasteiger partial charge is 0.108 e. The molecule has 0 saturated carbocycles. The fourth-order valence-electron chi connectivity index (χ4n) is 1.78. The summed E-state index contributed by atoms with van der Waals surface area (Å²) in [4.78, 5) is 5.68. The zero-order chi connectivity index (χ0) is 13.8. The number of hydrogen-bond acceptors (Lipinski definition) is 4. The monoisotopic (exact) mass is 275 g/mol.